The van der Waals surface area contributed by atoms with Gasteiger partial charge in [-0.25, -0.2) is 0 Å². The van der Waals surface area contributed by atoms with Crippen LogP contribution in [-0.2, 0) is 16.1 Å². The number of aromatic nitrogens is 2. The van der Waals surface area contributed by atoms with E-state index in [1.165, 1.54) is 6.39 Å². The fourth-order valence-electron chi connectivity index (χ4n) is 3.12. The van der Waals surface area contributed by atoms with Gasteiger partial charge in [-0.05, 0) is 25.7 Å². The van der Waals surface area contributed by atoms with Gasteiger partial charge in [0.15, 0.2) is 5.82 Å². The first-order chi connectivity index (χ1) is 9.72. The molecule has 7 nitrogen and oxygen atoms in total. The van der Waals surface area contributed by atoms with Crippen LogP contribution in [0.3, 0.4) is 0 Å². The predicted molar refractivity (Wildman–Crippen MR) is 68.3 cm³/mol. The molecule has 2 atom stereocenters. The van der Waals surface area contributed by atoms with Crippen molar-refractivity contribution < 1.29 is 14.1 Å². The summed E-state index contributed by atoms with van der Waals surface area (Å²) in [7, 11) is 0. The first-order valence-electron chi connectivity index (χ1n) is 7.08. The molecular weight excluding hydrogens is 260 g/mol. The molecule has 0 aromatic carbocycles. The molecule has 108 valence electrons. The van der Waals surface area contributed by atoms with Crippen LogP contribution in [0, 0.1) is 0 Å². The summed E-state index contributed by atoms with van der Waals surface area (Å²) in [6.45, 7) is 2.86. The van der Waals surface area contributed by atoms with Gasteiger partial charge in [-0.2, -0.15) is 4.98 Å². The van der Waals surface area contributed by atoms with Crippen LogP contribution >= 0.6 is 0 Å². The summed E-state index contributed by atoms with van der Waals surface area (Å²) >= 11 is 0. The average molecular weight is 278 g/mol. The van der Waals surface area contributed by atoms with Crippen molar-refractivity contribution >= 4 is 11.8 Å². The second kappa shape index (κ2) is 5.22. The van der Waals surface area contributed by atoms with Gasteiger partial charge < -0.3 is 14.3 Å². The Balaban J connectivity index is 1.86. The molecule has 0 bridgehead atoms. The number of carbonyl (C=O) groups excluding carboxylic acids is 2. The van der Waals surface area contributed by atoms with E-state index in [0.717, 1.165) is 19.3 Å². The zero-order chi connectivity index (χ0) is 14.1. The minimum Gasteiger partial charge on any atom is -0.343 e. The smallest absolute Gasteiger partial charge is 0.246 e. The highest BCUT2D eigenvalue weighted by Gasteiger charge is 2.45. The zero-order valence-corrected chi connectivity index (χ0v) is 11.5. The van der Waals surface area contributed by atoms with Crippen LogP contribution in [0.15, 0.2) is 10.9 Å². The van der Waals surface area contributed by atoms with Crippen LogP contribution in [0.2, 0.25) is 0 Å². The average Bonchev–Trinajstić information content (AvgIpc) is 2.98. The van der Waals surface area contributed by atoms with Crippen LogP contribution in [0.5, 0.6) is 0 Å². The maximum atomic E-state index is 12.6. The summed E-state index contributed by atoms with van der Waals surface area (Å²) in [6.07, 6.45) is 4.57. The lowest BCUT2D eigenvalue weighted by Gasteiger charge is -2.46. The standard InChI is InChI=1S/C13H18N4O3/c1-2-9-12(18)16-6-4-3-5-10(16)13(19)17(9)7-11-14-8-20-15-11/h8-10H,2-7H2,1H3. The number of piperazine rings is 1. The Bertz CT molecular complexity index is 502. The topological polar surface area (TPSA) is 79.5 Å². The number of rotatable bonds is 3. The fraction of sp³-hybridized carbons (Fsp3) is 0.692. The van der Waals surface area contributed by atoms with Crippen molar-refractivity contribution in [3.63, 3.8) is 0 Å². The number of hydrogen-bond acceptors (Lipinski definition) is 5. The molecule has 3 rings (SSSR count). The SMILES string of the molecule is CCC1C(=O)N2CCCCC2C(=O)N1Cc1ncon1. The lowest BCUT2D eigenvalue weighted by molar-refractivity contribution is -0.164. The second-order valence-electron chi connectivity index (χ2n) is 5.28. The Labute approximate surface area is 116 Å². The van der Waals surface area contributed by atoms with Crippen LogP contribution < -0.4 is 0 Å². The molecule has 1 aromatic rings. The summed E-state index contributed by atoms with van der Waals surface area (Å²) < 4.78 is 4.70. The van der Waals surface area contributed by atoms with Gasteiger partial charge in [0.1, 0.15) is 12.1 Å². The molecule has 2 aliphatic rings. The highest BCUT2D eigenvalue weighted by atomic mass is 16.5. The van der Waals surface area contributed by atoms with Crippen molar-refractivity contribution in [3.8, 4) is 0 Å². The maximum Gasteiger partial charge on any atom is 0.246 e. The molecule has 2 fully saturated rings. The number of nitrogens with zero attached hydrogens (tertiary/aromatic N) is 4. The molecular formula is C13H18N4O3. The Kier molecular flexibility index (Phi) is 3.42. The van der Waals surface area contributed by atoms with Gasteiger partial charge in [0.2, 0.25) is 18.2 Å². The van der Waals surface area contributed by atoms with Gasteiger partial charge in [-0.1, -0.05) is 12.1 Å². The van der Waals surface area contributed by atoms with E-state index < -0.39 is 6.04 Å². The summed E-state index contributed by atoms with van der Waals surface area (Å²) in [5.41, 5.74) is 0. The summed E-state index contributed by atoms with van der Waals surface area (Å²) in [6, 6.07) is -0.707. The zero-order valence-electron chi connectivity index (χ0n) is 11.5. The molecule has 0 spiro atoms. The molecule has 0 aliphatic carbocycles. The van der Waals surface area contributed by atoms with E-state index in [2.05, 4.69) is 10.1 Å². The predicted octanol–water partition coefficient (Wildman–Crippen LogP) is 0.571. The molecule has 7 heteroatoms. The van der Waals surface area contributed by atoms with Crippen LogP contribution in [0.4, 0.5) is 0 Å². The molecule has 1 aromatic heterocycles. The first kappa shape index (κ1) is 13.1. The van der Waals surface area contributed by atoms with Gasteiger partial charge in [-0.3, -0.25) is 9.59 Å². The van der Waals surface area contributed by atoms with E-state index >= 15 is 0 Å². The van der Waals surface area contributed by atoms with E-state index in [1.54, 1.807) is 9.80 Å². The van der Waals surface area contributed by atoms with Crippen molar-refractivity contribution in [2.45, 2.75) is 51.2 Å². The van der Waals surface area contributed by atoms with E-state index in [0.29, 0.717) is 18.8 Å². The molecule has 2 saturated heterocycles. The molecule has 2 unspecified atom stereocenters. The number of carbonyl (C=O) groups is 2. The van der Waals surface area contributed by atoms with E-state index in [-0.39, 0.29) is 24.4 Å². The van der Waals surface area contributed by atoms with E-state index in [4.69, 9.17) is 4.52 Å². The third-order valence-electron chi connectivity index (χ3n) is 4.12. The van der Waals surface area contributed by atoms with Gasteiger partial charge in [0.25, 0.3) is 0 Å². The van der Waals surface area contributed by atoms with E-state index in [1.807, 2.05) is 6.92 Å². The van der Waals surface area contributed by atoms with Crippen molar-refractivity contribution in [1.29, 1.82) is 0 Å². The Hall–Kier alpha value is -1.92. The molecule has 0 N–H and O–H groups in total. The lowest BCUT2D eigenvalue weighted by Crippen LogP contribution is -2.65. The molecule has 0 saturated carbocycles. The lowest BCUT2D eigenvalue weighted by atomic mass is 9.94. The Morgan fingerprint density at radius 3 is 2.90 bits per heavy atom. The van der Waals surface area contributed by atoms with Gasteiger partial charge >= 0.3 is 0 Å². The highest BCUT2D eigenvalue weighted by molar-refractivity contribution is 5.97. The largest absolute Gasteiger partial charge is 0.343 e. The normalized spacial score (nSPS) is 26.9. The van der Waals surface area contributed by atoms with Gasteiger partial charge in [0.05, 0.1) is 6.54 Å². The summed E-state index contributed by atoms with van der Waals surface area (Å²) in [5.74, 6) is 0.509. The Morgan fingerprint density at radius 1 is 1.35 bits per heavy atom. The van der Waals surface area contributed by atoms with Crippen molar-refractivity contribution in [3.05, 3.63) is 12.2 Å². The minimum atomic E-state index is -0.407. The fourth-order valence-corrected chi connectivity index (χ4v) is 3.12. The number of fused-ring (bicyclic) bond motifs is 1. The van der Waals surface area contributed by atoms with Gasteiger partial charge in [0, 0.05) is 6.54 Å². The van der Waals surface area contributed by atoms with Crippen LogP contribution in [0.1, 0.15) is 38.4 Å². The molecule has 0 radical (unpaired) electrons. The first-order valence-corrected chi connectivity index (χ1v) is 7.08. The van der Waals surface area contributed by atoms with Crippen molar-refractivity contribution in [2.75, 3.05) is 6.54 Å². The monoisotopic (exact) mass is 278 g/mol. The Morgan fingerprint density at radius 2 is 2.20 bits per heavy atom. The molecule has 3 heterocycles. The third kappa shape index (κ3) is 2.07. The van der Waals surface area contributed by atoms with Crippen molar-refractivity contribution in [1.82, 2.24) is 19.9 Å². The third-order valence-corrected chi connectivity index (χ3v) is 4.12. The molecule has 2 aliphatic heterocycles. The van der Waals surface area contributed by atoms with Crippen molar-refractivity contribution in [2.24, 2.45) is 0 Å². The number of hydrogen-bond donors (Lipinski definition) is 0. The van der Waals surface area contributed by atoms with E-state index in [9.17, 15) is 9.59 Å². The highest BCUT2D eigenvalue weighted by Crippen LogP contribution is 2.28. The molecule has 20 heavy (non-hydrogen) atoms. The maximum absolute atomic E-state index is 12.6. The summed E-state index contributed by atoms with van der Waals surface area (Å²) in [5, 5.41) is 3.74. The van der Waals surface area contributed by atoms with Gasteiger partial charge in [-0.15, -0.1) is 0 Å². The number of piperidine rings is 1. The second-order valence-corrected chi connectivity index (χ2v) is 5.28. The number of amides is 2. The molecule has 2 amide bonds. The van der Waals surface area contributed by atoms with Crippen LogP contribution in [0.25, 0.3) is 0 Å². The summed E-state index contributed by atoms with van der Waals surface area (Å²) in [4.78, 5) is 32.5. The quantitative estimate of drug-likeness (QED) is 0.807. The minimum absolute atomic E-state index is 0.0148. The van der Waals surface area contributed by atoms with Crippen LogP contribution in [-0.4, -0.2) is 50.4 Å².